The number of aromatic nitrogens is 1. The normalized spacial score (nSPS) is 16.6. The van der Waals surface area contributed by atoms with Gasteiger partial charge in [0.05, 0.1) is 5.56 Å². The summed E-state index contributed by atoms with van der Waals surface area (Å²) in [6.45, 7) is 5.67. The van der Waals surface area contributed by atoms with E-state index >= 15 is 4.39 Å². The average molecular weight is 566 g/mol. The van der Waals surface area contributed by atoms with Crippen LogP contribution in [0.1, 0.15) is 44.4 Å². The molecule has 0 unspecified atom stereocenters. The lowest BCUT2D eigenvalue weighted by atomic mass is 9.95. The zero-order valence-corrected chi connectivity index (χ0v) is 21.5. The first kappa shape index (κ1) is 28.4. The second kappa shape index (κ2) is 9.53. The SMILES string of the molecule is CC(C)(C)Cn1cc([C@H](NS(=O)(=O)N2CCC2)C(F)(F)F)c2cc(F)c(-c3ccccc3C(F)(F)F)cc21. The van der Waals surface area contributed by atoms with E-state index in [9.17, 15) is 34.8 Å². The molecule has 0 radical (unpaired) electrons. The lowest BCUT2D eigenvalue weighted by Gasteiger charge is -2.32. The van der Waals surface area contributed by atoms with Gasteiger partial charge in [-0.1, -0.05) is 39.0 Å². The summed E-state index contributed by atoms with van der Waals surface area (Å²) in [6.07, 6.45) is -8.29. The van der Waals surface area contributed by atoms with Crippen molar-refractivity contribution in [2.45, 2.75) is 52.1 Å². The number of hydrogen-bond donors (Lipinski definition) is 1. The van der Waals surface area contributed by atoms with E-state index in [0.29, 0.717) is 6.42 Å². The van der Waals surface area contributed by atoms with E-state index in [1.165, 1.54) is 10.6 Å². The second-order valence-electron chi connectivity index (χ2n) is 10.5. The van der Waals surface area contributed by atoms with E-state index in [1.807, 2.05) is 0 Å². The first-order chi connectivity index (χ1) is 17.4. The minimum absolute atomic E-state index is 0.0423. The highest BCUT2D eigenvalue weighted by Gasteiger charge is 2.46. The van der Waals surface area contributed by atoms with Crippen LogP contribution in [0.2, 0.25) is 0 Å². The summed E-state index contributed by atoms with van der Waals surface area (Å²) >= 11 is 0. The minimum atomic E-state index is -5.09. The maximum Gasteiger partial charge on any atom is 0.417 e. The van der Waals surface area contributed by atoms with E-state index in [-0.39, 0.29) is 30.5 Å². The fourth-order valence-corrected chi connectivity index (χ4v) is 5.89. The van der Waals surface area contributed by atoms with E-state index in [2.05, 4.69) is 0 Å². The Hall–Kier alpha value is -2.64. The number of hydrogen-bond acceptors (Lipinski definition) is 2. The molecule has 0 aliphatic carbocycles. The minimum Gasteiger partial charge on any atom is -0.347 e. The van der Waals surface area contributed by atoms with Crippen LogP contribution in [-0.2, 0) is 22.9 Å². The molecule has 0 saturated carbocycles. The van der Waals surface area contributed by atoms with Gasteiger partial charge in [0.1, 0.15) is 11.9 Å². The van der Waals surface area contributed by atoms with E-state index in [0.717, 1.165) is 40.8 Å². The lowest BCUT2D eigenvalue weighted by molar-refractivity contribution is -0.153. The van der Waals surface area contributed by atoms with Crippen LogP contribution in [0.4, 0.5) is 30.7 Å². The number of halogens is 7. The number of rotatable bonds is 6. The standard InChI is InChI=1S/C25H26F7N3O2S/c1-23(2,3)14-34-13-18(22(25(30,31)32)33-38(36,37)35-9-6-10-35)17-11-20(26)16(12-21(17)34)15-7-4-5-8-19(15)24(27,28)29/h4-5,7-8,11-13,22,33H,6,9-10,14H2,1-3H3/t22-/m0/s1. The van der Waals surface area contributed by atoms with E-state index < -0.39 is 62.1 Å². The van der Waals surface area contributed by atoms with Crippen LogP contribution >= 0.6 is 0 Å². The van der Waals surface area contributed by atoms with Crippen molar-refractivity contribution in [2.24, 2.45) is 5.41 Å². The van der Waals surface area contributed by atoms with Gasteiger partial charge in [0.2, 0.25) is 0 Å². The van der Waals surface area contributed by atoms with Crippen molar-refractivity contribution in [3.63, 3.8) is 0 Å². The highest BCUT2D eigenvalue weighted by molar-refractivity contribution is 7.87. The smallest absolute Gasteiger partial charge is 0.347 e. The Balaban J connectivity index is 1.95. The predicted molar refractivity (Wildman–Crippen MR) is 129 cm³/mol. The number of nitrogens with one attached hydrogen (secondary N) is 1. The molecule has 0 bridgehead atoms. The molecule has 1 fully saturated rings. The van der Waals surface area contributed by atoms with Crippen LogP contribution in [0.3, 0.4) is 0 Å². The molecule has 13 heteroatoms. The fourth-order valence-electron chi connectivity index (χ4n) is 4.44. The van der Waals surface area contributed by atoms with Gasteiger partial charge in [0.25, 0.3) is 10.2 Å². The Morgan fingerprint density at radius 2 is 1.61 bits per heavy atom. The summed E-state index contributed by atoms with van der Waals surface area (Å²) in [5.74, 6) is -1.17. The van der Waals surface area contributed by atoms with Gasteiger partial charge in [-0.15, -0.1) is 0 Å². The lowest BCUT2D eigenvalue weighted by Crippen LogP contribution is -2.51. The van der Waals surface area contributed by atoms with Gasteiger partial charge in [-0.25, -0.2) is 4.39 Å². The zero-order valence-electron chi connectivity index (χ0n) is 20.7. The Bertz CT molecular complexity index is 1450. The van der Waals surface area contributed by atoms with Crippen LogP contribution in [0.15, 0.2) is 42.6 Å². The van der Waals surface area contributed by atoms with E-state index in [1.54, 1.807) is 25.5 Å². The highest BCUT2D eigenvalue weighted by atomic mass is 32.2. The summed E-state index contributed by atoms with van der Waals surface area (Å²) < 4.78 is 128. The summed E-state index contributed by atoms with van der Waals surface area (Å²) in [4.78, 5) is 0. The molecule has 1 saturated heterocycles. The molecule has 4 rings (SSSR count). The Morgan fingerprint density at radius 1 is 0.974 bits per heavy atom. The Labute approximate surface area is 215 Å². The molecule has 1 atom stereocenters. The monoisotopic (exact) mass is 565 g/mol. The molecule has 0 spiro atoms. The van der Waals surface area contributed by atoms with Gasteiger partial charge in [-0.3, -0.25) is 0 Å². The molecule has 38 heavy (non-hydrogen) atoms. The number of benzene rings is 2. The number of alkyl halides is 6. The fraction of sp³-hybridized carbons (Fsp3) is 0.440. The Morgan fingerprint density at radius 3 is 2.13 bits per heavy atom. The maximum atomic E-state index is 15.4. The van der Waals surface area contributed by atoms with Gasteiger partial charge in [0.15, 0.2) is 0 Å². The summed E-state index contributed by atoms with van der Waals surface area (Å²) in [6, 6.07) is 3.46. The highest BCUT2D eigenvalue weighted by Crippen LogP contribution is 2.43. The Kier molecular flexibility index (Phi) is 7.11. The molecule has 1 aromatic heterocycles. The molecule has 2 heterocycles. The molecule has 3 aromatic rings. The molecule has 2 aromatic carbocycles. The number of fused-ring (bicyclic) bond motifs is 1. The molecule has 1 aliphatic rings. The predicted octanol–water partition coefficient (Wildman–Crippen LogP) is 6.66. The molecule has 1 N–H and O–H groups in total. The van der Waals surface area contributed by atoms with Crippen LogP contribution in [0.25, 0.3) is 22.0 Å². The molecule has 0 amide bonds. The average Bonchev–Trinajstić information content (AvgIpc) is 3.03. The van der Waals surface area contributed by atoms with Crippen molar-refractivity contribution in [3.8, 4) is 11.1 Å². The molecular weight excluding hydrogens is 539 g/mol. The van der Waals surface area contributed by atoms with Crippen LogP contribution < -0.4 is 4.72 Å². The van der Waals surface area contributed by atoms with Crippen molar-refractivity contribution in [3.05, 3.63) is 59.5 Å². The zero-order chi connectivity index (χ0) is 28.3. The number of nitrogens with zero attached hydrogens (tertiary/aromatic N) is 2. The van der Waals surface area contributed by atoms with Crippen LogP contribution in [-0.4, -0.2) is 36.6 Å². The summed E-state index contributed by atoms with van der Waals surface area (Å²) in [7, 11) is -4.50. The first-order valence-corrected chi connectivity index (χ1v) is 13.2. The quantitative estimate of drug-likeness (QED) is 0.340. The van der Waals surface area contributed by atoms with Crippen molar-refractivity contribution < 1.29 is 39.2 Å². The third-order valence-corrected chi connectivity index (χ3v) is 7.81. The van der Waals surface area contributed by atoms with Gasteiger partial charge in [-0.05, 0) is 35.6 Å². The topological polar surface area (TPSA) is 54.3 Å². The second-order valence-corrected chi connectivity index (χ2v) is 12.2. The third-order valence-electron chi connectivity index (χ3n) is 6.23. The first-order valence-electron chi connectivity index (χ1n) is 11.7. The van der Waals surface area contributed by atoms with Crippen molar-refractivity contribution in [2.75, 3.05) is 13.1 Å². The van der Waals surface area contributed by atoms with Crippen molar-refractivity contribution in [1.82, 2.24) is 13.6 Å². The van der Waals surface area contributed by atoms with Crippen LogP contribution in [0, 0.1) is 11.2 Å². The van der Waals surface area contributed by atoms with Gasteiger partial charge in [-0.2, -0.15) is 43.8 Å². The maximum absolute atomic E-state index is 15.4. The molecule has 5 nitrogen and oxygen atoms in total. The van der Waals surface area contributed by atoms with Crippen molar-refractivity contribution in [1.29, 1.82) is 0 Å². The molecular formula is C25H26F7N3O2S. The third kappa shape index (κ3) is 5.69. The molecule has 1 aliphatic heterocycles. The van der Waals surface area contributed by atoms with Gasteiger partial charge in [0, 0.05) is 47.9 Å². The summed E-state index contributed by atoms with van der Waals surface area (Å²) in [5.41, 5.74) is -2.99. The molecule has 208 valence electrons. The van der Waals surface area contributed by atoms with Gasteiger partial charge < -0.3 is 4.57 Å². The largest absolute Gasteiger partial charge is 0.417 e. The summed E-state index contributed by atoms with van der Waals surface area (Å²) in [5, 5.41) is -0.256. The van der Waals surface area contributed by atoms with Crippen LogP contribution in [0.5, 0.6) is 0 Å². The van der Waals surface area contributed by atoms with E-state index in [4.69, 9.17) is 0 Å². The van der Waals surface area contributed by atoms with Crippen molar-refractivity contribution >= 4 is 21.1 Å². The van der Waals surface area contributed by atoms with Gasteiger partial charge >= 0.3 is 12.4 Å².